The Morgan fingerprint density at radius 3 is 3.29 bits per heavy atom. The fourth-order valence-corrected chi connectivity index (χ4v) is 2.79. The standard InChI is InChI=1S/C10H13NO2S/c1-13-10(12)5-8-4-7-6-11-3-2-9(7)14-8/h4,11H,2-3,5-6H2,1H3. The van der Waals surface area contributed by atoms with E-state index in [1.54, 1.807) is 11.3 Å². The maximum absolute atomic E-state index is 11.1. The van der Waals surface area contributed by atoms with E-state index in [0.717, 1.165) is 24.4 Å². The summed E-state index contributed by atoms with van der Waals surface area (Å²) in [5, 5.41) is 3.31. The van der Waals surface area contributed by atoms with Gasteiger partial charge in [0, 0.05) is 22.8 Å². The van der Waals surface area contributed by atoms with Crippen LogP contribution in [0, 0.1) is 0 Å². The van der Waals surface area contributed by atoms with Gasteiger partial charge in [-0.2, -0.15) is 0 Å². The Bertz CT molecular complexity index is 322. The molecule has 2 heterocycles. The number of esters is 1. The summed E-state index contributed by atoms with van der Waals surface area (Å²) in [6.45, 7) is 1.98. The third-order valence-electron chi connectivity index (χ3n) is 2.34. The number of methoxy groups -OCH3 is 1. The van der Waals surface area contributed by atoms with Crippen molar-refractivity contribution in [2.24, 2.45) is 0 Å². The van der Waals surface area contributed by atoms with E-state index < -0.39 is 0 Å². The van der Waals surface area contributed by atoms with Gasteiger partial charge in [-0.3, -0.25) is 4.79 Å². The van der Waals surface area contributed by atoms with Gasteiger partial charge in [-0.1, -0.05) is 0 Å². The Labute approximate surface area is 87.1 Å². The second-order valence-electron chi connectivity index (χ2n) is 3.34. The van der Waals surface area contributed by atoms with Crippen LogP contribution in [-0.2, 0) is 28.9 Å². The first-order valence-corrected chi connectivity index (χ1v) is 5.49. The number of hydrogen-bond acceptors (Lipinski definition) is 4. The summed E-state index contributed by atoms with van der Waals surface area (Å²) in [6, 6.07) is 2.11. The van der Waals surface area contributed by atoms with E-state index in [9.17, 15) is 4.79 Å². The molecular weight excluding hydrogens is 198 g/mol. The zero-order valence-electron chi connectivity index (χ0n) is 8.13. The van der Waals surface area contributed by atoms with Crippen LogP contribution in [0.5, 0.6) is 0 Å². The molecule has 1 aromatic heterocycles. The first kappa shape index (κ1) is 9.68. The molecule has 2 rings (SSSR count). The lowest BCUT2D eigenvalue weighted by atomic mass is 10.1. The Hall–Kier alpha value is -0.870. The summed E-state index contributed by atoms with van der Waals surface area (Å²) in [5.41, 5.74) is 1.35. The Balaban J connectivity index is 2.12. The molecular formula is C10H13NO2S. The van der Waals surface area contributed by atoms with Crippen molar-refractivity contribution in [3.05, 3.63) is 21.4 Å². The summed E-state index contributed by atoms with van der Waals surface area (Å²) in [6.07, 6.45) is 1.50. The van der Waals surface area contributed by atoms with E-state index in [2.05, 4.69) is 16.1 Å². The number of nitrogens with one attached hydrogen (secondary N) is 1. The lowest BCUT2D eigenvalue weighted by Crippen LogP contribution is -2.21. The molecule has 1 aliphatic heterocycles. The molecule has 0 amide bonds. The quantitative estimate of drug-likeness (QED) is 0.745. The number of fused-ring (bicyclic) bond motifs is 1. The fraction of sp³-hybridized carbons (Fsp3) is 0.500. The molecule has 0 spiro atoms. The topological polar surface area (TPSA) is 38.3 Å². The summed E-state index contributed by atoms with van der Waals surface area (Å²) in [5.74, 6) is -0.156. The van der Waals surface area contributed by atoms with E-state index in [1.165, 1.54) is 17.6 Å². The van der Waals surface area contributed by atoms with Gasteiger partial charge in [-0.05, 0) is 18.1 Å². The Kier molecular flexibility index (Phi) is 2.84. The molecule has 0 saturated heterocycles. The number of carbonyl (C=O) groups excluding carboxylic acids is 1. The average molecular weight is 211 g/mol. The van der Waals surface area contributed by atoms with Crippen LogP contribution < -0.4 is 5.32 Å². The van der Waals surface area contributed by atoms with Crippen molar-refractivity contribution in [2.75, 3.05) is 13.7 Å². The van der Waals surface area contributed by atoms with Gasteiger partial charge in [-0.15, -0.1) is 11.3 Å². The molecule has 1 aromatic rings. The van der Waals surface area contributed by atoms with Crippen molar-refractivity contribution in [3.63, 3.8) is 0 Å². The predicted molar refractivity (Wildman–Crippen MR) is 55.4 cm³/mol. The Morgan fingerprint density at radius 1 is 1.71 bits per heavy atom. The van der Waals surface area contributed by atoms with Crippen molar-refractivity contribution in [2.45, 2.75) is 19.4 Å². The van der Waals surface area contributed by atoms with Crippen LogP contribution in [0.4, 0.5) is 0 Å². The number of thiophene rings is 1. The molecule has 1 N–H and O–H groups in total. The van der Waals surface area contributed by atoms with Crippen LogP contribution in [0.2, 0.25) is 0 Å². The van der Waals surface area contributed by atoms with Crippen molar-refractivity contribution >= 4 is 17.3 Å². The summed E-state index contributed by atoms with van der Waals surface area (Å²) >= 11 is 1.74. The SMILES string of the molecule is COC(=O)Cc1cc2c(s1)CCNC2. The monoisotopic (exact) mass is 211 g/mol. The van der Waals surface area contributed by atoms with Gasteiger partial charge in [0.2, 0.25) is 0 Å². The third kappa shape index (κ3) is 1.96. The van der Waals surface area contributed by atoms with Crippen LogP contribution >= 0.6 is 11.3 Å². The summed E-state index contributed by atoms with van der Waals surface area (Å²) < 4.78 is 4.64. The molecule has 76 valence electrons. The van der Waals surface area contributed by atoms with Gasteiger partial charge in [0.05, 0.1) is 13.5 Å². The molecule has 0 radical (unpaired) electrons. The molecule has 0 saturated carbocycles. The maximum atomic E-state index is 11.1. The zero-order valence-corrected chi connectivity index (χ0v) is 8.95. The first-order valence-electron chi connectivity index (χ1n) is 4.67. The minimum absolute atomic E-state index is 0.156. The first-order chi connectivity index (χ1) is 6.79. The zero-order chi connectivity index (χ0) is 9.97. The highest BCUT2D eigenvalue weighted by Crippen LogP contribution is 2.25. The Morgan fingerprint density at radius 2 is 2.57 bits per heavy atom. The lowest BCUT2D eigenvalue weighted by Gasteiger charge is -2.10. The predicted octanol–water partition coefficient (Wildman–Crippen LogP) is 1.11. The van der Waals surface area contributed by atoms with Crippen molar-refractivity contribution in [1.82, 2.24) is 5.32 Å². The number of carbonyl (C=O) groups is 1. The van der Waals surface area contributed by atoms with Gasteiger partial charge >= 0.3 is 5.97 Å². The van der Waals surface area contributed by atoms with Crippen LogP contribution in [0.1, 0.15) is 15.3 Å². The lowest BCUT2D eigenvalue weighted by molar-refractivity contribution is -0.139. The summed E-state index contributed by atoms with van der Waals surface area (Å²) in [7, 11) is 1.43. The highest BCUT2D eigenvalue weighted by molar-refractivity contribution is 7.12. The van der Waals surface area contributed by atoms with E-state index in [-0.39, 0.29) is 5.97 Å². The average Bonchev–Trinajstić information content (AvgIpc) is 2.59. The molecule has 14 heavy (non-hydrogen) atoms. The minimum Gasteiger partial charge on any atom is -0.469 e. The second-order valence-corrected chi connectivity index (χ2v) is 4.56. The van der Waals surface area contributed by atoms with Gasteiger partial charge < -0.3 is 10.1 Å². The second kappa shape index (κ2) is 4.11. The van der Waals surface area contributed by atoms with Crippen LogP contribution in [0.25, 0.3) is 0 Å². The number of hydrogen-bond donors (Lipinski definition) is 1. The highest BCUT2D eigenvalue weighted by atomic mass is 32.1. The van der Waals surface area contributed by atoms with E-state index in [4.69, 9.17) is 0 Å². The molecule has 0 aromatic carbocycles. The highest BCUT2D eigenvalue weighted by Gasteiger charge is 2.14. The van der Waals surface area contributed by atoms with Crippen molar-refractivity contribution in [3.8, 4) is 0 Å². The molecule has 0 aliphatic carbocycles. The smallest absolute Gasteiger partial charge is 0.310 e. The van der Waals surface area contributed by atoms with Gasteiger partial charge in [0.25, 0.3) is 0 Å². The fourth-order valence-electron chi connectivity index (χ4n) is 1.62. The molecule has 1 aliphatic rings. The van der Waals surface area contributed by atoms with Crippen molar-refractivity contribution in [1.29, 1.82) is 0 Å². The minimum atomic E-state index is -0.156. The maximum Gasteiger partial charge on any atom is 0.310 e. The third-order valence-corrected chi connectivity index (χ3v) is 3.58. The molecule has 3 nitrogen and oxygen atoms in total. The van der Waals surface area contributed by atoms with Gasteiger partial charge in [0.15, 0.2) is 0 Å². The van der Waals surface area contributed by atoms with Gasteiger partial charge in [0.1, 0.15) is 0 Å². The van der Waals surface area contributed by atoms with E-state index in [0.29, 0.717) is 6.42 Å². The van der Waals surface area contributed by atoms with Crippen LogP contribution in [0.15, 0.2) is 6.07 Å². The number of ether oxygens (including phenoxy) is 1. The number of rotatable bonds is 2. The van der Waals surface area contributed by atoms with E-state index in [1.807, 2.05) is 0 Å². The molecule has 0 fully saturated rings. The van der Waals surface area contributed by atoms with Crippen molar-refractivity contribution < 1.29 is 9.53 Å². The molecule has 0 atom stereocenters. The normalized spacial score (nSPS) is 14.9. The van der Waals surface area contributed by atoms with Crippen LogP contribution in [-0.4, -0.2) is 19.6 Å². The molecule has 0 bridgehead atoms. The van der Waals surface area contributed by atoms with Crippen LogP contribution in [0.3, 0.4) is 0 Å². The summed E-state index contributed by atoms with van der Waals surface area (Å²) in [4.78, 5) is 13.6. The largest absolute Gasteiger partial charge is 0.469 e. The van der Waals surface area contributed by atoms with Gasteiger partial charge in [-0.25, -0.2) is 0 Å². The molecule has 0 unspecified atom stereocenters. The molecule has 4 heteroatoms. The van der Waals surface area contributed by atoms with E-state index >= 15 is 0 Å².